The summed E-state index contributed by atoms with van der Waals surface area (Å²) >= 11 is 6.82. The number of allylic oxidation sites excluding steroid dienone is 1. The van der Waals surface area contributed by atoms with Crippen LogP contribution in [0.5, 0.6) is 5.75 Å². The second-order valence-electron chi connectivity index (χ2n) is 6.84. The third kappa shape index (κ3) is 4.23. The number of thiazole rings is 1. The fourth-order valence-electron chi connectivity index (χ4n) is 3.49. The number of benzene rings is 1. The minimum absolute atomic E-state index is 0.218. The molecule has 0 bridgehead atoms. The fourth-order valence-corrected chi connectivity index (χ4v) is 5.51. The van der Waals surface area contributed by atoms with E-state index in [1.165, 1.54) is 15.9 Å². The van der Waals surface area contributed by atoms with Crippen molar-refractivity contribution in [3.8, 4) is 5.75 Å². The first-order chi connectivity index (χ1) is 15.3. The van der Waals surface area contributed by atoms with Gasteiger partial charge in [-0.1, -0.05) is 17.4 Å². The Balaban J connectivity index is 1.97. The molecule has 4 rings (SSSR count). The largest absolute Gasteiger partial charge is 0.496 e. The smallest absolute Gasteiger partial charge is 0.338 e. The molecule has 1 aromatic carbocycles. The number of ether oxygens (including phenoxy) is 2. The number of halogens is 2. The molecule has 0 saturated heterocycles. The molecular weight excluding hydrogens is 611 g/mol. The first-order valence-corrected chi connectivity index (χ1v) is 12.3. The zero-order chi connectivity index (χ0) is 23.0. The second kappa shape index (κ2) is 9.36. The summed E-state index contributed by atoms with van der Waals surface area (Å²) in [5.41, 5.74) is 1.32. The summed E-state index contributed by atoms with van der Waals surface area (Å²) in [6, 6.07) is 8.40. The molecule has 3 aromatic rings. The topological polar surface area (TPSA) is 83.0 Å². The molecule has 7 nitrogen and oxygen atoms in total. The van der Waals surface area contributed by atoms with E-state index in [4.69, 9.17) is 13.9 Å². The third-order valence-electron chi connectivity index (χ3n) is 4.88. The lowest BCUT2D eigenvalue weighted by atomic mass is 9.96. The Hall–Kier alpha value is -2.18. The van der Waals surface area contributed by atoms with Crippen LogP contribution in [-0.4, -0.2) is 24.3 Å². The van der Waals surface area contributed by atoms with Crippen LogP contribution < -0.4 is 19.6 Å². The SMILES string of the molecule is CCOC(=O)C1=C(C)N=c2s/c(=C/c3ccc(I)o3)c(=O)n2[C@H]1c1ccc(OC)c(Br)c1. The van der Waals surface area contributed by atoms with Crippen LogP contribution in [0.25, 0.3) is 6.08 Å². The van der Waals surface area contributed by atoms with E-state index in [9.17, 15) is 9.59 Å². The lowest BCUT2D eigenvalue weighted by Crippen LogP contribution is -2.39. The van der Waals surface area contributed by atoms with Gasteiger partial charge in [0.15, 0.2) is 8.57 Å². The van der Waals surface area contributed by atoms with Gasteiger partial charge in [0, 0.05) is 6.08 Å². The maximum Gasteiger partial charge on any atom is 0.338 e. The molecule has 0 fully saturated rings. The average Bonchev–Trinajstić information content (AvgIpc) is 3.29. The molecule has 0 saturated carbocycles. The van der Waals surface area contributed by atoms with Crippen molar-refractivity contribution >= 4 is 61.9 Å². The van der Waals surface area contributed by atoms with Crippen LogP contribution in [0.3, 0.4) is 0 Å². The molecule has 3 heterocycles. The van der Waals surface area contributed by atoms with Crippen molar-refractivity contribution < 1.29 is 18.7 Å². The number of methoxy groups -OCH3 is 1. The third-order valence-corrected chi connectivity index (χ3v) is 7.06. The number of carbonyl (C=O) groups excluding carboxylic acids is 1. The number of hydrogen-bond donors (Lipinski definition) is 0. The summed E-state index contributed by atoms with van der Waals surface area (Å²) in [4.78, 5) is 31.5. The predicted octanol–water partition coefficient (Wildman–Crippen LogP) is 3.77. The lowest BCUT2D eigenvalue weighted by molar-refractivity contribution is -0.139. The van der Waals surface area contributed by atoms with Crippen molar-refractivity contribution in [2.24, 2.45) is 4.99 Å². The molecule has 0 unspecified atom stereocenters. The lowest BCUT2D eigenvalue weighted by Gasteiger charge is -2.25. The Morgan fingerprint density at radius 3 is 2.78 bits per heavy atom. The van der Waals surface area contributed by atoms with E-state index < -0.39 is 12.0 Å². The highest BCUT2D eigenvalue weighted by atomic mass is 127. The predicted molar refractivity (Wildman–Crippen MR) is 133 cm³/mol. The maximum absolute atomic E-state index is 13.5. The van der Waals surface area contributed by atoms with Crippen LogP contribution in [-0.2, 0) is 9.53 Å². The van der Waals surface area contributed by atoms with Gasteiger partial charge in [-0.2, -0.15) is 0 Å². The highest BCUT2D eigenvalue weighted by molar-refractivity contribution is 14.1. The minimum atomic E-state index is -0.689. The molecule has 1 aliphatic heterocycles. The molecule has 1 atom stereocenters. The highest BCUT2D eigenvalue weighted by Crippen LogP contribution is 2.34. The van der Waals surface area contributed by atoms with Crippen LogP contribution in [0.2, 0.25) is 0 Å². The number of esters is 1. The van der Waals surface area contributed by atoms with Gasteiger partial charge in [-0.25, -0.2) is 9.79 Å². The molecule has 0 amide bonds. The van der Waals surface area contributed by atoms with Gasteiger partial charge < -0.3 is 13.9 Å². The quantitative estimate of drug-likeness (QED) is 0.317. The van der Waals surface area contributed by atoms with Crippen LogP contribution in [0.15, 0.2) is 60.3 Å². The van der Waals surface area contributed by atoms with Gasteiger partial charge in [0.1, 0.15) is 11.5 Å². The van der Waals surface area contributed by atoms with E-state index in [2.05, 4.69) is 43.5 Å². The number of hydrogen-bond acceptors (Lipinski definition) is 7. The summed E-state index contributed by atoms with van der Waals surface area (Å²) in [7, 11) is 1.58. The van der Waals surface area contributed by atoms with Crippen LogP contribution in [0.4, 0.5) is 0 Å². The van der Waals surface area contributed by atoms with Gasteiger partial charge in [0.2, 0.25) is 0 Å². The van der Waals surface area contributed by atoms with Crippen molar-refractivity contribution in [1.82, 2.24) is 4.57 Å². The second-order valence-corrected chi connectivity index (χ2v) is 9.76. The zero-order valence-corrected chi connectivity index (χ0v) is 21.9. The van der Waals surface area contributed by atoms with Crippen molar-refractivity contribution in [1.29, 1.82) is 0 Å². The summed E-state index contributed by atoms with van der Waals surface area (Å²) in [5, 5.41) is 0. The molecule has 0 radical (unpaired) electrons. The van der Waals surface area contributed by atoms with E-state index in [1.54, 1.807) is 39.2 Å². The van der Waals surface area contributed by atoms with Crippen molar-refractivity contribution in [2.45, 2.75) is 19.9 Å². The van der Waals surface area contributed by atoms with Gasteiger partial charge in [-0.15, -0.1) is 0 Å². The van der Waals surface area contributed by atoms with E-state index in [0.29, 0.717) is 36.6 Å². The molecule has 0 aliphatic carbocycles. The zero-order valence-electron chi connectivity index (χ0n) is 17.3. The fraction of sp³-hybridized carbons (Fsp3) is 0.227. The van der Waals surface area contributed by atoms with E-state index >= 15 is 0 Å². The van der Waals surface area contributed by atoms with Gasteiger partial charge >= 0.3 is 5.97 Å². The minimum Gasteiger partial charge on any atom is -0.496 e. The number of fused-ring (bicyclic) bond motifs is 1. The highest BCUT2D eigenvalue weighted by Gasteiger charge is 2.33. The molecule has 166 valence electrons. The number of nitrogens with zero attached hydrogens (tertiary/aromatic N) is 2. The normalized spacial score (nSPS) is 16.0. The monoisotopic (exact) mass is 628 g/mol. The van der Waals surface area contributed by atoms with Crippen molar-refractivity contribution in [3.05, 3.63) is 80.9 Å². The molecule has 0 spiro atoms. The van der Waals surface area contributed by atoms with Gasteiger partial charge in [0.05, 0.1) is 40.0 Å². The van der Waals surface area contributed by atoms with Crippen LogP contribution >= 0.6 is 49.9 Å². The number of carbonyl (C=O) groups is 1. The van der Waals surface area contributed by atoms with Crippen LogP contribution in [0.1, 0.15) is 31.2 Å². The number of furan rings is 1. The van der Waals surface area contributed by atoms with E-state index in [0.717, 1.165) is 9.33 Å². The van der Waals surface area contributed by atoms with Crippen molar-refractivity contribution in [2.75, 3.05) is 13.7 Å². The van der Waals surface area contributed by atoms with Gasteiger partial charge in [-0.05, 0) is 82.2 Å². The molecule has 2 aromatic heterocycles. The Morgan fingerprint density at radius 1 is 1.38 bits per heavy atom. The van der Waals surface area contributed by atoms with E-state index in [-0.39, 0.29) is 12.2 Å². The van der Waals surface area contributed by atoms with Gasteiger partial charge in [-0.3, -0.25) is 9.36 Å². The number of rotatable bonds is 5. The first-order valence-electron chi connectivity index (χ1n) is 9.62. The molecule has 0 N–H and O–H groups in total. The van der Waals surface area contributed by atoms with Crippen LogP contribution in [0, 0.1) is 3.77 Å². The Morgan fingerprint density at radius 2 is 2.16 bits per heavy atom. The maximum atomic E-state index is 13.5. The number of aromatic nitrogens is 1. The molecular formula is C22H18BrIN2O5S. The summed E-state index contributed by atoms with van der Waals surface area (Å²) < 4.78 is 19.7. The summed E-state index contributed by atoms with van der Waals surface area (Å²) in [6.07, 6.45) is 1.69. The first kappa shape index (κ1) is 23.0. The van der Waals surface area contributed by atoms with Crippen molar-refractivity contribution in [3.63, 3.8) is 0 Å². The standard InChI is InChI=1S/C22H18BrIN2O5S/c1-4-30-21(28)18-11(2)25-22-26(19(18)12-5-7-15(29-3)14(23)9-12)20(27)16(32-22)10-13-6-8-17(24)31-13/h5-10,19H,4H2,1-3H3/b16-10+/t19-/m0/s1. The average molecular weight is 629 g/mol. The molecule has 32 heavy (non-hydrogen) atoms. The Labute approximate surface area is 209 Å². The summed E-state index contributed by atoms with van der Waals surface area (Å²) in [5.74, 6) is 0.720. The van der Waals surface area contributed by atoms with Gasteiger partial charge in [0.25, 0.3) is 5.56 Å². The molecule has 1 aliphatic rings. The molecule has 10 heteroatoms. The van der Waals surface area contributed by atoms with E-state index in [1.807, 2.05) is 18.2 Å². The Kier molecular flexibility index (Phi) is 6.72. The Bertz CT molecular complexity index is 1420. The summed E-state index contributed by atoms with van der Waals surface area (Å²) in [6.45, 7) is 3.71.